The fourth-order valence-electron chi connectivity index (χ4n) is 7.40. The lowest BCUT2D eigenvalue weighted by Gasteiger charge is -2.17. The summed E-state index contributed by atoms with van der Waals surface area (Å²) >= 11 is 0. The molecule has 0 N–H and O–H groups in total. The second-order valence-corrected chi connectivity index (χ2v) is 17.9. The Hall–Kier alpha value is 0.0969. The molecule has 0 heterocycles. The van der Waals surface area contributed by atoms with E-state index >= 15 is 0 Å². The van der Waals surface area contributed by atoms with Gasteiger partial charge in [0.05, 0.1) is 0 Å². The van der Waals surface area contributed by atoms with Crippen LogP contribution in [0.25, 0.3) is 0 Å². The van der Waals surface area contributed by atoms with E-state index in [2.05, 4.69) is 20.8 Å². The second kappa shape index (κ2) is 48.1. The Balaban J connectivity index is 3.86. The summed E-state index contributed by atoms with van der Waals surface area (Å²) in [6.45, 7) is 9.38. The SMILES string of the molecule is CCCCCCCCCCCCCCCCCCO[SiH](OCCCCCCCCCCC)OCCCCCCCCCCCCCCCCCC. The van der Waals surface area contributed by atoms with Gasteiger partial charge in [0.2, 0.25) is 0 Å². The molecule has 4 heteroatoms. The van der Waals surface area contributed by atoms with Crippen molar-refractivity contribution in [2.75, 3.05) is 19.8 Å². The largest absolute Gasteiger partial charge is 0.484 e. The van der Waals surface area contributed by atoms with Crippen molar-refractivity contribution in [1.82, 2.24) is 0 Å². The lowest BCUT2D eigenvalue weighted by Crippen LogP contribution is -2.28. The first-order valence-electron chi connectivity index (χ1n) is 24.2. The minimum atomic E-state index is -2.00. The maximum atomic E-state index is 6.27. The van der Waals surface area contributed by atoms with Crippen LogP contribution in [-0.2, 0) is 13.3 Å². The van der Waals surface area contributed by atoms with Crippen molar-refractivity contribution in [3.63, 3.8) is 0 Å². The quantitative estimate of drug-likeness (QED) is 0.0460. The fourth-order valence-corrected chi connectivity index (χ4v) is 8.76. The first-order valence-corrected chi connectivity index (χ1v) is 25.6. The van der Waals surface area contributed by atoms with Crippen LogP contribution < -0.4 is 0 Å². The van der Waals surface area contributed by atoms with Gasteiger partial charge in [-0.2, -0.15) is 0 Å². The fraction of sp³-hybridized carbons (Fsp3) is 1.00. The van der Waals surface area contributed by atoms with Crippen LogP contribution in [0, 0.1) is 0 Å². The number of hydrogen-bond acceptors (Lipinski definition) is 3. The zero-order chi connectivity index (χ0) is 36.8. The van der Waals surface area contributed by atoms with E-state index in [4.69, 9.17) is 13.3 Å². The molecule has 0 saturated heterocycles. The average Bonchev–Trinajstić information content (AvgIpc) is 3.14. The first kappa shape index (κ1) is 51.1. The predicted molar refractivity (Wildman–Crippen MR) is 231 cm³/mol. The van der Waals surface area contributed by atoms with E-state index in [1.165, 1.54) is 244 Å². The summed E-state index contributed by atoms with van der Waals surface area (Å²) in [6.07, 6.45) is 57.1. The maximum absolute atomic E-state index is 6.27. The highest BCUT2D eigenvalue weighted by molar-refractivity contribution is 6.36. The normalized spacial score (nSPS) is 11.8. The molecule has 0 aliphatic carbocycles. The number of rotatable bonds is 47. The molecule has 0 aromatic heterocycles. The summed E-state index contributed by atoms with van der Waals surface area (Å²) in [5.41, 5.74) is 0. The van der Waals surface area contributed by atoms with E-state index in [1.54, 1.807) is 0 Å². The van der Waals surface area contributed by atoms with Gasteiger partial charge in [-0.15, -0.1) is 0 Å². The van der Waals surface area contributed by atoms with Gasteiger partial charge in [0.1, 0.15) is 0 Å². The molecule has 0 aromatic carbocycles. The molecule has 3 nitrogen and oxygen atoms in total. The van der Waals surface area contributed by atoms with Gasteiger partial charge in [0.15, 0.2) is 0 Å². The highest BCUT2D eigenvalue weighted by Gasteiger charge is 2.15. The smallest absolute Gasteiger partial charge is 0.376 e. The van der Waals surface area contributed by atoms with Crippen LogP contribution in [0.5, 0.6) is 0 Å². The molecule has 0 fully saturated rings. The third-order valence-corrected chi connectivity index (χ3v) is 12.5. The van der Waals surface area contributed by atoms with Crippen LogP contribution in [0.3, 0.4) is 0 Å². The van der Waals surface area contributed by atoms with Crippen molar-refractivity contribution in [3.8, 4) is 0 Å². The van der Waals surface area contributed by atoms with Crippen LogP contribution in [0.15, 0.2) is 0 Å². The van der Waals surface area contributed by atoms with Gasteiger partial charge in [0, 0.05) is 19.8 Å². The molecular weight excluding hydrogens is 641 g/mol. The van der Waals surface area contributed by atoms with Crippen molar-refractivity contribution in [2.45, 2.75) is 284 Å². The Labute approximate surface area is 325 Å². The summed E-state index contributed by atoms with van der Waals surface area (Å²) in [5, 5.41) is 0. The van der Waals surface area contributed by atoms with Crippen molar-refractivity contribution in [3.05, 3.63) is 0 Å². The lowest BCUT2D eigenvalue weighted by molar-refractivity contribution is 0.0885. The van der Waals surface area contributed by atoms with E-state index in [9.17, 15) is 0 Å². The van der Waals surface area contributed by atoms with Gasteiger partial charge in [-0.3, -0.25) is 0 Å². The van der Waals surface area contributed by atoms with Crippen molar-refractivity contribution in [1.29, 1.82) is 0 Å². The average molecular weight is 739 g/mol. The first-order chi connectivity index (χ1) is 25.3. The van der Waals surface area contributed by atoms with Crippen LogP contribution in [0.2, 0.25) is 0 Å². The van der Waals surface area contributed by atoms with Gasteiger partial charge in [-0.25, -0.2) is 0 Å². The monoisotopic (exact) mass is 739 g/mol. The number of unbranched alkanes of at least 4 members (excludes halogenated alkanes) is 38. The molecule has 0 unspecified atom stereocenters. The molecule has 0 spiro atoms. The molecule has 0 amide bonds. The second-order valence-electron chi connectivity index (χ2n) is 16.3. The predicted octanol–water partition coefficient (Wildman–Crippen LogP) is 16.8. The summed E-state index contributed by atoms with van der Waals surface area (Å²) in [5.74, 6) is 0. The topological polar surface area (TPSA) is 27.7 Å². The standard InChI is InChI=1S/C47H98O3Si/c1-4-7-10-13-16-19-21-23-25-27-29-31-34-37-40-43-46-49-51(48-45-42-39-36-33-18-15-12-9-6-3)50-47-44-41-38-35-32-30-28-26-24-22-20-17-14-11-8-5-2/h51H,4-47H2,1-3H3. The highest BCUT2D eigenvalue weighted by Crippen LogP contribution is 2.16. The van der Waals surface area contributed by atoms with Gasteiger partial charge in [0.25, 0.3) is 0 Å². The molecule has 0 aromatic rings. The third kappa shape index (κ3) is 46.2. The number of hydrogen-bond donors (Lipinski definition) is 0. The molecule has 0 radical (unpaired) electrons. The zero-order valence-corrected chi connectivity index (χ0v) is 37.1. The molecule has 0 atom stereocenters. The van der Waals surface area contributed by atoms with E-state index in [-0.39, 0.29) is 0 Å². The van der Waals surface area contributed by atoms with Crippen molar-refractivity contribution >= 4 is 9.53 Å². The summed E-state index contributed by atoms with van der Waals surface area (Å²) < 4.78 is 18.8. The minimum Gasteiger partial charge on any atom is -0.376 e. The summed E-state index contributed by atoms with van der Waals surface area (Å²) in [4.78, 5) is 0. The molecule has 0 rings (SSSR count). The summed E-state index contributed by atoms with van der Waals surface area (Å²) in [7, 11) is -2.00. The Morgan fingerprint density at radius 2 is 0.333 bits per heavy atom. The van der Waals surface area contributed by atoms with Crippen LogP contribution in [-0.4, -0.2) is 29.3 Å². The van der Waals surface area contributed by atoms with E-state index in [1.807, 2.05) is 0 Å². The van der Waals surface area contributed by atoms with Gasteiger partial charge in [-0.1, -0.05) is 265 Å². The van der Waals surface area contributed by atoms with Gasteiger partial charge in [-0.05, 0) is 19.3 Å². The molecule has 0 saturated carbocycles. The van der Waals surface area contributed by atoms with Gasteiger partial charge < -0.3 is 13.3 Å². The molecule has 308 valence electrons. The molecular formula is C47H98O3Si. The van der Waals surface area contributed by atoms with Crippen molar-refractivity contribution < 1.29 is 13.3 Å². The van der Waals surface area contributed by atoms with E-state index in [0.717, 1.165) is 39.1 Å². The van der Waals surface area contributed by atoms with Crippen LogP contribution in [0.1, 0.15) is 284 Å². The summed E-state index contributed by atoms with van der Waals surface area (Å²) in [6, 6.07) is 0. The van der Waals surface area contributed by atoms with E-state index in [0.29, 0.717) is 0 Å². The van der Waals surface area contributed by atoms with Crippen LogP contribution in [0.4, 0.5) is 0 Å². The lowest BCUT2D eigenvalue weighted by atomic mass is 10.0. The molecule has 0 aliphatic heterocycles. The Bertz CT molecular complexity index is 550. The van der Waals surface area contributed by atoms with Crippen LogP contribution >= 0.6 is 0 Å². The van der Waals surface area contributed by atoms with Crippen molar-refractivity contribution in [2.24, 2.45) is 0 Å². The molecule has 0 aliphatic rings. The Morgan fingerprint density at radius 1 is 0.196 bits per heavy atom. The third-order valence-electron chi connectivity index (χ3n) is 11.0. The Morgan fingerprint density at radius 3 is 0.490 bits per heavy atom. The Kier molecular flexibility index (Phi) is 48.2. The van der Waals surface area contributed by atoms with Gasteiger partial charge >= 0.3 is 9.53 Å². The highest BCUT2D eigenvalue weighted by atomic mass is 28.3. The minimum absolute atomic E-state index is 0.824. The maximum Gasteiger partial charge on any atom is 0.484 e. The zero-order valence-electron chi connectivity index (χ0n) is 35.9. The molecule has 51 heavy (non-hydrogen) atoms. The van der Waals surface area contributed by atoms with E-state index < -0.39 is 9.53 Å². The molecule has 0 bridgehead atoms.